The molecule has 1 aromatic heterocycles. The van der Waals surface area contributed by atoms with E-state index in [1.165, 1.54) is 12.8 Å². The lowest BCUT2D eigenvalue weighted by Gasteiger charge is -2.33. The van der Waals surface area contributed by atoms with Crippen LogP contribution in [0.3, 0.4) is 0 Å². The average Bonchev–Trinajstić information content (AvgIpc) is 3.16. The molecule has 2 saturated heterocycles. The quantitative estimate of drug-likeness (QED) is 0.842. The van der Waals surface area contributed by atoms with Crippen molar-refractivity contribution in [2.24, 2.45) is 0 Å². The Bertz CT molecular complexity index is 545. The van der Waals surface area contributed by atoms with Crippen LogP contribution in [0.15, 0.2) is 12.4 Å². The van der Waals surface area contributed by atoms with Gasteiger partial charge in [0.25, 0.3) is 5.91 Å². The van der Waals surface area contributed by atoms with Crippen LogP contribution in [0.25, 0.3) is 0 Å². The number of hydrogen-bond acceptors (Lipinski definition) is 3. The summed E-state index contributed by atoms with van der Waals surface area (Å²) in [5.41, 5.74) is 0.636. The summed E-state index contributed by atoms with van der Waals surface area (Å²) in [6.45, 7) is 8.33. The van der Waals surface area contributed by atoms with Gasteiger partial charge >= 0.3 is 0 Å². The molecule has 2 atom stereocenters. The van der Waals surface area contributed by atoms with Gasteiger partial charge in [-0.25, -0.2) is 0 Å². The predicted molar refractivity (Wildman–Crippen MR) is 86.9 cm³/mol. The fourth-order valence-corrected chi connectivity index (χ4v) is 3.83. The van der Waals surface area contributed by atoms with E-state index in [-0.39, 0.29) is 11.4 Å². The standard InChI is InChI=1S/C17H28N4O/c1-17(2,3)21-12-13(11-18-21)16(22)20-10-6-8-15(20)14-7-5-9-19(14)4/h11-12,14-15H,5-10H2,1-4H3/t14-,15-/m0/s1. The predicted octanol–water partition coefficient (Wildman–Crippen LogP) is 2.34. The molecule has 3 heterocycles. The number of aromatic nitrogens is 2. The zero-order valence-electron chi connectivity index (χ0n) is 14.2. The number of carbonyl (C=O) groups excluding carboxylic acids is 1. The summed E-state index contributed by atoms with van der Waals surface area (Å²) in [6, 6.07) is 0.905. The van der Waals surface area contributed by atoms with E-state index in [2.05, 4.69) is 42.7 Å². The number of nitrogens with zero attached hydrogens (tertiary/aromatic N) is 4. The van der Waals surface area contributed by atoms with E-state index in [4.69, 9.17) is 0 Å². The van der Waals surface area contributed by atoms with E-state index in [9.17, 15) is 4.79 Å². The molecule has 0 radical (unpaired) electrons. The summed E-state index contributed by atoms with van der Waals surface area (Å²) in [6.07, 6.45) is 8.34. The smallest absolute Gasteiger partial charge is 0.257 e. The van der Waals surface area contributed by atoms with Crippen molar-refractivity contribution in [3.63, 3.8) is 0 Å². The normalized spacial score (nSPS) is 26.8. The summed E-state index contributed by atoms with van der Waals surface area (Å²) in [5.74, 6) is 0.151. The number of carbonyl (C=O) groups is 1. The van der Waals surface area contributed by atoms with Crippen LogP contribution in [-0.2, 0) is 5.54 Å². The SMILES string of the molecule is CN1CCC[C@H]1[C@@H]1CCCN1C(=O)c1cnn(C(C)(C)C)c1. The van der Waals surface area contributed by atoms with Crippen molar-refractivity contribution in [3.05, 3.63) is 18.0 Å². The molecule has 1 amide bonds. The molecule has 5 nitrogen and oxygen atoms in total. The van der Waals surface area contributed by atoms with Crippen LogP contribution >= 0.6 is 0 Å². The Hall–Kier alpha value is -1.36. The van der Waals surface area contributed by atoms with Gasteiger partial charge in [-0.2, -0.15) is 5.10 Å². The molecule has 0 aliphatic carbocycles. The Balaban J connectivity index is 1.77. The van der Waals surface area contributed by atoms with E-state index in [0.717, 1.165) is 31.5 Å². The van der Waals surface area contributed by atoms with Gasteiger partial charge in [-0.1, -0.05) is 0 Å². The van der Waals surface area contributed by atoms with Crippen molar-refractivity contribution in [3.8, 4) is 0 Å². The van der Waals surface area contributed by atoms with Crippen LogP contribution < -0.4 is 0 Å². The fraction of sp³-hybridized carbons (Fsp3) is 0.765. The molecule has 2 aliphatic rings. The summed E-state index contributed by atoms with van der Waals surface area (Å²) >= 11 is 0. The Morgan fingerprint density at radius 1 is 1.18 bits per heavy atom. The Labute approximate surface area is 133 Å². The van der Waals surface area contributed by atoms with Gasteiger partial charge in [0.15, 0.2) is 0 Å². The van der Waals surface area contributed by atoms with E-state index >= 15 is 0 Å². The van der Waals surface area contributed by atoms with Crippen molar-refractivity contribution in [1.82, 2.24) is 19.6 Å². The lowest BCUT2D eigenvalue weighted by Crippen LogP contribution is -2.47. The number of likely N-dealkylation sites (N-methyl/N-ethyl adjacent to an activating group) is 1. The highest BCUT2D eigenvalue weighted by Crippen LogP contribution is 2.30. The molecule has 0 aromatic carbocycles. The van der Waals surface area contributed by atoms with Gasteiger partial charge in [-0.15, -0.1) is 0 Å². The second-order valence-electron chi connectivity index (χ2n) is 7.74. The van der Waals surface area contributed by atoms with Crippen molar-refractivity contribution in [2.75, 3.05) is 20.1 Å². The Morgan fingerprint density at radius 3 is 2.45 bits per heavy atom. The number of hydrogen-bond donors (Lipinski definition) is 0. The highest BCUT2D eigenvalue weighted by molar-refractivity contribution is 5.94. The summed E-state index contributed by atoms with van der Waals surface area (Å²) < 4.78 is 1.88. The molecule has 0 bridgehead atoms. The molecule has 3 rings (SSSR count). The first-order valence-corrected chi connectivity index (χ1v) is 8.44. The summed E-state index contributed by atoms with van der Waals surface area (Å²) in [5, 5.41) is 4.38. The van der Waals surface area contributed by atoms with Crippen LogP contribution in [0, 0.1) is 0 Å². The molecule has 2 aliphatic heterocycles. The van der Waals surface area contributed by atoms with Gasteiger partial charge in [0.1, 0.15) is 0 Å². The lowest BCUT2D eigenvalue weighted by atomic mass is 10.0. The van der Waals surface area contributed by atoms with Crippen LogP contribution in [0.4, 0.5) is 0 Å². The van der Waals surface area contributed by atoms with E-state index in [1.807, 2.05) is 10.9 Å². The third-order valence-corrected chi connectivity index (χ3v) is 5.10. The molecule has 0 spiro atoms. The Morgan fingerprint density at radius 2 is 1.86 bits per heavy atom. The van der Waals surface area contributed by atoms with Gasteiger partial charge in [0, 0.05) is 24.8 Å². The van der Waals surface area contributed by atoms with Crippen LogP contribution in [0.2, 0.25) is 0 Å². The highest BCUT2D eigenvalue weighted by atomic mass is 16.2. The maximum Gasteiger partial charge on any atom is 0.257 e. The van der Waals surface area contributed by atoms with Crippen LogP contribution in [0.1, 0.15) is 56.8 Å². The number of rotatable bonds is 2. The second kappa shape index (κ2) is 5.69. The largest absolute Gasteiger partial charge is 0.334 e. The maximum absolute atomic E-state index is 12.9. The van der Waals surface area contributed by atoms with Crippen molar-refractivity contribution < 1.29 is 4.79 Å². The summed E-state index contributed by atoms with van der Waals surface area (Å²) in [4.78, 5) is 17.4. The van der Waals surface area contributed by atoms with Gasteiger partial charge in [0.2, 0.25) is 0 Å². The van der Waals surface area contributed by atoms with E-state index < -0.39 is 0 Å². The first kappa shape index (κ1) is 15.5. The first-order valence-electron chi connectivity index (χ1n) is 8.44. The minimum atomic E-state index is -0.0887. The van der Waals surface area contributed by atoms with Crippen molar-refractivity contribution in [1.29, 1.82) is 0 Å². The molecular formula is C17H28N4O. The molecule has 2 fully saturated rings. The molecule has 22 heavy (non-hydrogen) atoms. The van der Waals surface area contributed by atoms with Crippen molar-refractivity contribution in [2.45, 2.75) is 64.1 Å². The third-order valence-electron chi connectivity index (χ3n) is 5.10. The molecule has 0 unspecified atom stereocenters. The third kappa shape index (κ3) is 2.78. The minimum absolute atomic E-state index is 0.0887. The zero-order valence-corrected chi connectivity index (χ0v) is 14.2. The van der Waals surface area contributed by atoms with Gasteiger partial charge < -0.3 is 9.80 Å². The fourth-order valence-electron chi connectivity index (χ4n) is 3.83. The van der Waals surface area contributed by atoms with Gasteiger partial charge in [0.05, 0.1) is 17.3 Å². The lowest BCUT2D eigenvalue weighted by molar-refractivity contribution is 0.0664. The summed E-state index contributed by atoms with van der Waals surface area (Å²) in [7, 11) is 2.19. The average molecular weight is 304 g/mol. The van der Waals surface area contributed by atoms with Crippen LogP contribution in [0.5, 0.6) is 0 Å². The zero-order chi connectivity index (χ0) is 15.9. The monoisotopic (exact) mass is 304 g/mol. The maximum atomic E-state index is 12.9. The van der Waals surface area contributed by atoms with Gasteiger partial charge in [-0.3, -0.25) is 9.48 Å². The molecule has 5 heteroatoms. The molecular weight excluding hydrogens is 276 g/mol. The molecule has 1 aromatic rings. The van der Waals surface area contributed by atoms with E-state index in [1.54, 1.807) is 6.20 Å². The molecule has 122 valence electrons. The second-order valence-corrected chi connectivity index (χ2v) is 7.74. The highest BCUT2D eigenvalue weighted by Gasteiger charge is 2.39. The van der Waals surface area contributed by atoms with E-state index in [0.29, 0.717) is 12.1 Å². The molecule has 0 N–H and O–H groups in total. The number of amides is 1. The molecule has 0 saturated carbocycles. The first-order chi connectivity index (χ1) is 10.4. The van der Waals surface area contributed by atoms with Crippen LogP contribution in [-0.4, -0.2) is 57.7 Å². The van der Waals surface area contributed by atoms with Gasteiger partial charge in [-0.05, 0) is 60.0 Å². The minimum Gasteiger partial charge on any atom is -0.334 e. The van der Waals surface area contributed by atoms with Crippen molar-refractivity contribution >= 4 is 5.91 Å². The Kier molecular flexibility index (Phi) is 4.02. The number of likely N-dealkylation sites (tertiary alicyclic amines) is 2. The topological polar surface area (TPSA) is 41.4 Å².